The van der Waals surface area contributed by atoms with E-state index in [9.17, 15) is 14.4 Å². The fourth-order valence-corrected chi connectivity index (χ4v) is 3.15. The molecular weight excluding hydrogens is 462 g/mol. The topological polar surface area (TPSA) is 96.5 Å². The zero-order valence-corrected chi connectivity index (χ0v) is 19.7. The minimum absolute atomic E-state index is 0.0779. The molecule has 0 saturated heterocycles. The van der Waals surface area contributed by atoms with Gasteiger partial charge in [0.15, 0.2) is 6.61 Å². The molecule has 0 radical (unpaired) electrons. The number of carbonyl (C=O) groups excluding carboxylic acids is 3. The van der Waals surface area contributed by atoms with Gasteiger partial charge in [-0.1, -0.05) is 43.6 Å². The lowest BCUT2D eigenvalue weighted by Crippen LogP contribution is -2.43. The Morgan fingerprint density at radius 1 is 0.935 bits per heavy atom. The van der Waals surface area contributed by atoms with E-state index in [0.29, 0.717) is 23.4 Å². The molecule has 31 heavy (non-hydrogen) atoms. The second-order valence-electron chi connectivity index (χ2n) is 7.85. The quantitative estimate of drug-likeness (QED) is 0.478. The van der Waals surface area contributed by atoms with E-state index >= 15 is 0 Å². The van der Waals surface area contributed by atoms with E-state index in [-0.39, 0.29) is 24.3 Å². The SMILES string of the molecule is CC(C)CC(=O)Nc1ccc(C(=O)NNC(=O)COc2ccc(Br)cc2C(C)C)cc1. The number of anilines is 1. The summed E-state index contributed by atoms with van der Waals surface area (Å²) in [4.78, 5) is 36.1. The Hall–Kier alpha value is -2.87. The Kier molecular flexibility index (Phi) is 9.05. The van der Waals surface area contributed by atoms with Crippen molar-refractivity contribution >= 4 is 39.3 Å². The van der Waals surface area contributed by atoms with Crippen molar-refractivity contribution < 1.29 is 19.1 Å². The number of hydrogen-bond donors (Lipinski definition) is 3. The van der Waals surface area contributed by atoms with Gasteiger partial charge in [-0.2, -0.15) is 0 Å². The van der Waals surface area contributed by atoms with Crippen LogP contribution in [-0.4, -0.2) is 24.3 Å². The molecule has 0 atom stereocenters. The maximum atomic E-state index is 12.2. The van der Waals surface area contributed by atoms with Crippen LogP contribution in [0.25, 0.3) is 0 Å². The van der Waals surface area contributed by atoms with Crippen LogP contribution in [0, 0.1) is 5.92 Å². The standard InChI is InChI=1S/C23H28BrN3O4/c1-14(2)11-21(28)25-18-8-5-16(6-9-18)23(30)27-26-22(29)13-31-20-10-7-17(24)12-19(20)15(3)4/h5-10,12,14-15H,11,13H2,1-4H3,(H,25,28)(H,26,29)(H,27,30). The summed E-state index contributed by atoms with van der Waals surface area (Å²) in [5, 5.41) is 2.78. The fraction of sp³-hybridized carbons (Fsp3) is 0.348. The zero-order valence-electron chi connectivity index (χ0n) is 18.1. The van der Waals surface area contributed by atoms with E-state index in [1.54, 1.807) is 30.3 Å². The van der Waals surface area contributed by atoms with Crippen LogP contribution < -0.4 is 20.9 Å². The van der Waals surface area contributed by atoms with Crippen LogP contribution in [0.1, 0.15) is 56.0 Å². The molecule has 0 aliphatic rings. The van der Waals surface area contributed by atoms with Gasteiger partial charge in [0.25, 0.3) is 11.8 Å². The van der Waals surface area contributed by atoms with E-state index in [2.05, 4.69) is 32.1 Å². The first kappa shape index (κ1) is 24.4. The summed E-state index contributed by atoms with van der Waals surface area (Å²) in [5.74, 6) is 0.0795. The minimum atomic E-state index is -0.483. The van der Waals surface area contributed by atoms with E-state index in [4.69, 9.17) is 4.74 Å². The molecule has 2 rings (SSSR count). The molecule has 0 unspecified atom stereocenters. The number of rotatable bonds is 8. The van der Waals surface area contributed by atoms with Gasteiger partial charge in [0.1, 0.15) is 5.75 Å². The first-order chi connectivity index (χ1) is 14.7. The molecule has 0 spiro atoms. The predicted octanol–water partition coefficient (Wildman–Crippen LogP) is 4.40. The molecule has 8 heteroatoms. The normalized spacial score (nSPS) is 10.7. The third kappa shape index (κ3) is 8.05. The number of benzene rings is 2. The van der Waals surface area contributed by atoms with Gasteiger partial charge < -0.3 is 10.1 Å². The maximum absolute atomic E-state index is 12.2. The highest BCUT2D eigenvalue weighted by Gasteiger charge is 2.12. The molecule has 0 bridgehead atoms. The lowest BCUT2D eigenvalue weighted by Gasteiger charge is -2.14. The molecule has 0 aliphatic carbocycles. The van der Waals surface area contributed by atoms with Crippen LogP contribution in [0.3, 0.4) is 0 Å². The highest BCUT2D eigenvalue weighted by molar-refractivity contribution is 9.10. The molecule has 0 saturated carbocycles. The van der Waals surface area contributed by atoms with E-state index < -0.39 is 11.8 Å². The lowest BCUT2D eigenvalue weighted by molar-refractivity contribution is -0.123. The number of halogens is 1. The summed E-state index contributed by atoms with van der Waals surface area (Å²) >= 11 is 3.43. The monoisotopic (exact) mass is 489 g/mol. The Morgan fingerprint density at radius 3 is 2.23 bits per heavy atom. The van der Waals surface area contributed by atoms with Gasteiger partial charge in [0.05, 0.1) is 0 Å². The fourth-order valence-electron chi connectivity index (χ4n) is 2.77. The van der Waals surface area contributed by atoms with Crippen molar-refractivity contribution in [1.29, 1.82) is 0 Å². The maximum Gasteiger partial charge on any atom is 0.276 e. The Bertz CT molecular complexity index is 927. The average Bonchev–Trinajstić information content (AvgIpc) is 2.70. The number of hydrazine groups is 1. The van der Waals surface area contributed by atoms with Crippen molar-refractivity contribution in [2.24, 2.45) is 5.92 Å². The summed E-state index contributed by atoms with van der Waals surface area (Å²) in [5.41, 5.74) is 6.62. The van der Waals surface area contributed by atoms with Gasteiger partial charge in [-0.3, -0.25) is 25.2 Å². The smallest absolute Gasteiger partial charge is 0.276 e. The van der Waals surface area contributed by atoms with Gasteiger partial charge >= 0.3 is 0 Å². The van der Waals surface area contributed by atoms with Crippen LogP contribution in [0.4, 0.5) is 5.69 Å². The Labute approximate surface area is 191 Å². The first-order valence-corrected chi connectivity index (χ1v) is 10.9. The van der Waals surface area contributed by atoms with Gasteiger partial charge in [0, 0.05) is 22.1 Å². The third-order valence-electron chi connectivity index (χ3n) is 4.29. The molecule has 0 fully saturated rings. The van der Waals surface area contributed by atoms with Crippen molar-refractivity contribution in [3.05, 3.63) is 58.1 Å². The minimum Gasteiger partial charge on any atom is -0.483 e. The van der Waals surface area contributed by atoms with Crippen molar-refractivity contribution in [3.8, 4) is 5.75 Å². The van der Waals surface area contributed by atoms with Crippen molar-refractivity contribution in [3.63, 3.8) is 0 Å². The van der Waals surface area contributed by atoms with E-state index in [0.717, 1.165) is 10.0 Å². The van der Waals surface area contributed by atoms with Crippen LogP contribution >= 0.6 is 15.9 Å². The number of hydrogen-bond acceptors (Lipinski definition) is 4. The predicted molar refractivity (Wildman–Crippen MR) is 124 cm³/mol. The van der Waals surface area contributed by atoms with Gasteiger partial charge in [-0.25, -0.2) is 0 Å². The summed E-state index contributed by atoms with van der Waals surface area (Å²) in [6.07, 6.45) is 0.426. The molecule has 3 amide bonds. The highest BCUT2D eigenvalue weighted by Crippen LogP contribution is 2.29. The molecule has 0 heterocycles. The molecule has 2 aromatic carbocycles. The summed E-state index contributed by atoms with van der Waals surface area (Å²) < 4.78 is 6.54. The highest BCUT2D eigenvalue weighted by atomic mass is 79.9. The zero-order chi connectivity index (χ0) is 23.0. The van der Waals surface area contributed by atoms with Crippen LogP contribution in [0.5, 0.6) is 5.75 Å². The van der Waals surface area contributed by atoms with Crippen molar-refractivity contribution in [2.45, 2.75) is 40.0 Å². The molecule has 2 aromatic rings. The molecule has 0 aliphatic heterocycles. The average molecular weight is 490 g/mol. The van der Waals surface area contributed by atoms with E-state index in [1.807, 2.05) is 39.8 Å². The van der Waals surface area contributed by atoms with Crippen LogP contribution in [-0.2, 0) is 9.59 Å². The first-order valence-electron chi connectivity index (χ1n) is 10.1. The summed E-state index contributed by atoms with van der Waals surface area (Å²) in [6.45, 7) is 7.78. The molecule has 7 nitrogen and oxygen atoms in total. The van der Waals surface area contributed by atoms with Crippen molar-refractivity contribution in [1.82, 2.24) is 10.9 Å². The second-order valence-corrected chi connectivity index (χ2v) is 8.77. The summed E-state index contributed by atoms with van der Waals surface area (Å²) in [7, 11) is 0. The van der Waals surface area contributed by atoms with Gasteiger partial charge in [-0.15, -0.1) is 0 Å². The number of carbonyl (C=O) groups is 3. The Morgan fingerprint density at radius 2 is 1.61 bits per heavy atom. The second kappa shape index (κ2) is 11.5. The Balaban J connectivity index is 1.83. The summed E-state index contributed by atoms with van der Waals surface area (Å²) in [6, 6.07) is 12.0. The van der Waals surface area contributed by atoms with Crippen molar-refractivity contribution in [2.75, 3.05) is 11.9 Å². The number of nitrogens with one attached hydrogen (secondary N) is 3. The van der Waals surface area contributed by atoms with Gasteiger partial charge in [-0.05, 0) is 59.9 Å². The molecule has 166 valence electrons. The largest absolute Gasteiger partial charge is 0.483 e. The number of ether oxygens (including phenoxy) is 1. The van der Waals surface area contributed by atoms with E-state index in [1.165, 1.54) is 0 Å². The number of amides is 3. The molecule has 0 aromatic heterocycles. The van der Waals surface area contributed by atoms with Gasteiger partial charge in [0.2, 0.25) is 5.91 Å². The van der Waals surface area contributed by atoms with Crippen LogP contribution in [0.2, 0.25) is 0 Å². The lowest BCUT2D eigenvalue weighted by atomic mass is 10.0. The third-order valence-corrected chi connectivity index (χ3v) is 4.79. The molecular formula is C23H28BrN3O4. The van der Waals surface area contributed by atoms with Crippen LogP contribution in [0.15, 0.2) is 46.9 Å². The molecule has 3 N–H and O–H groups in total.